The van der Waals surface area contributed by atoms with E-state index < -0.39 is 11.9 Å². The van der Waals surface area contributed by atoms with E-state index >= 15 is 0 Å². The van der Waals surface area contributed by atoms with Crippen LogP contribution in [0.3, 0.4) is 0 Å². The van der Waals surface area contributed by atoms with E-state index in [4.69, 9.17) is 0 Å². The average Bonchev–Trinajstić information content (AvgIpc) is 3.02. The zero-order chi connectivity index (χ0) is 29.6. The molecule has 0 saturated carbocycles. The second kappa shape index (κ2) is 12.7. The minimum atomic E-state index is -1.11. The number of carboxylic acids is 1. The number of aromatic nitrogens is 1. The van der Waals surface area contributed by atoms with E-state index in [2.05, 4.69) is 46.5 Å². The molecule has 0 aliphatic heterocycles. The molecule has 3 aromatic carbocycles. The molecule has 0 saturated heterocycles. The zero-order valence-corrected chi connectivity index (χ0v) is 23.8. The molecule has 1 aliphatic carbocycles. The van der Waals surface area contributed by atoms with Crippen LogP contribution >= 0.6 is 0 Å². The SMILES string of the molecule is CCN(CC)c1ccc(NC(=O)c2cccc(C(=O)O)c2)c(-c2cc(C(=O)NC3CCCc4ccccc43)ccn2)c1. The van der Waals surface area contributed by atoms with Gasteiger partial charge in [-0.2, -0.15) is 0 Å². The Labute approximate surface area is 245 Å². The Hall–Kier alpha value is -4.98. The topological polar surface area (TPSA) is 112 Å². The van der Waals surface area contributed by atoms with Crippen molar-refractivity contribution in [3.8, 4) is 11.3 Å². The highest BCUT2D eigenvalue weighted by atomic mass is 16.4. The number of hydrogen-bond acceptors (Lipinski definition) is 5. The molecule has 1 heterocycles. The van der Waals surface area contributed by atoms with Crippen molar-refractivity contribution in [1.82, 2.24) is 10.3 Å². The molecule has 0 fully saturated rings. The van der Waals surface area contributed by atoms with Gasteiger partial charge in [0.1, 0.15) is 0 Å². The van der Waals surface area contributed by atoms with Gasteiger partial charge >= 0.3 is 5.97 Å². The van der Waals surface area contributed by atoms with Crippen LogP contribution in [0.25, 0.3) is 11.3 Å². The first-order valence-electron chi connectivity index (χ1n) is 14.3. The number of aromatic carboxylic acids is 1. The first kappa shape index (κ1) is 28.5. The van der Waals surface area contributed by atoms with Gasteiger partial charge in [-0.25, -0.2) is 4.79 Å². The highest BCUT2D eigenvalue weighted by molar-refractivity contribution is 6.07. The summed E-state index contributed by atoms with van der Waals surface area (Å²) in [7, 11) is 0. The third-order valence-electron chi connectivity index (χ3n) is 7.72. The molecule has 8 nitrogen and oxygen atoms in total. The molecule has 214 valence electrons. The van der Waals surface area contributed by atoms with Crippen LogP contribution in [0.2, 0.25) is 0 Å². The molecule has 0 radical (unpaired) electrons. The molecule has 1 atom stereocenters. The Morgan fingerprint density at radius 1 is 0.881 bits per heavy atom. The van der Waals surface area contributed by atoms with Crippen molar-refractivity contribution in [2.24, 2.45) is 0 Å². The summed E-state index contributed by atoms with van der Waals surface area (Å²) in [5, 5.41) is 15.5. The van der Waals surface area contributed by atoms with E-state index in [9.17, 15) is 19.5 Å². The number of amides is 2. The molecule has 1 unspecified atom stereocenters. The summed E-state index contributed by atoms with van der Waals surface area (Å²) in [4.78, 5) is 44.8. The highest BCUT2D eigenvalue weighted by Gasteiger charge is 2.23. The highest BCUT2D eigenvalue weighted by Crippen LogP contribution is 2.33. The lowest BCUT2D eigenvalue weighted by Crippen LogP contribution is -2.31. The van der Waals surface area contributed by atoms with Crippen LogP contribution in [-0.2, 0) is 6.42 Å². The van der Waals surface area contributed by atoms with E-state index in [1.54, 1.807) is 24.4 Å². The molecular weight excluding hydrogens is 528 g/mol. The van der Waals surface area contributed by atoms with Gasteiger partial charge in [-0.15, -0.1) is 0 Å². The molecule has 42 heavy (non-hydrogen) atoms. The molecule has 8 heteroatoms. The number of fused-ring (bicyclic) bond motifs is 1. The summed E-state index contributed by atoms with van der Waals surface area (Å²) in [6.45, 7) is 5.73. The monoisotopic (exact) mass is 562 g/mol. The number of anilines is 2. The van der Waals surface area contributed by atoms with Crippen LogP contribution in [0.15, 0.2) is 85.1 Å². The quantitative estimate of drug-likeness (QED) is 0.219. The second-order valence-corrected chi connectivity index (χ2v) is 10.3. The molecule has 3 N–H and O–H groups in total. The van der Waals surface area contributed by atoms with Crippen LogP contribution in [0.1, 0.15) is 74.9 Å². The first-order valence-corrected chi connectivity index (χ1v) is 14.3. The lowest BCUT2D eigenvalue weighted by Gasteiger charge is -2.26. The lowest BCUT2D eigenvalue weighted by atomic mass is 9.87. The van der Waals surface area contributed by atoms with Gasteiger partial charge in [0.25, 0.3) is 11.8 Å². The predicted molar refractivity (Wildman–Crippen MR) is 164 cm³/mol. The number of carbonyl (C=O) groups excluding carboxylic acids is 2. The van der Waals surface area contributed by atoms with Crippen LogP contribution in [-0.4, -0.2) is 41.0 Å². The third-order valence-corrected chi connectivity index (χ3v) is 7.72. The number of carbonyl (C=O) groups is 3. The number of rotatable bonds is 9. The normalized spacial score (nSPS) is 14.0. The number of nitrogens with zero attached hydrogens (tertiary/aromatic N) is 2. The zero-order valence-electron chi connectivity index (χ0n) is 23.8. The molecule has 1 aliphatic rings. The number of benzene rings is 3. The molecule has 1 aromatic heterocycles. The van der Waals surface area contributed by atoms with Crippen molar-refractivity contribution in [1.29, 1.82) is 0 Å². The molecule has 0 spiro atoms. The maximum atomic E-state index is 13.4. The van der Waals surface area contributed by atoms with Gasteiger partial charge in [0.2, 0.25) is 0 Å². The Morgan fingerprint density at radius 3 is 2.43 bits per heavy atom. The largest absolute Gasteiger partial charge is 0.478 e. The standard InChI is InChI=1S/C34H34N4O4/c1-3-38(4-2)26-15-16-30(37-32(39)23-11-7-12-25(19-23)34(41)42)28(21-26)31-20-24(17-18-35-31)33(40)36-29-14-8-10-22-9-5-6-13-27(22)29/h5-7,9,11-13,15-21,29H,3-4,8,10,14H2,1-2H3,(H,36,40)(H,37,39)(H,41,42). The summed E-state index contributed by atoms with van der Waals surface area (Å²) in [6, 6.07) is 23.2. The van der Waals surface area contributed by atoms with Crippen LogP contribution in [0, 0.1) is 0 Å². The lowest BCUT2D eigenvalue weighted by molar-refractivity contribution is 0.0696. The molecule has 5 rings (SSSR count). The van der Waals surface area contributed by atoms with Gasteiger partial charge < -0.3 is 20.6 Å². The first-order chi connectivity index (χ1) is 20.4. The summed E-state index contributed by atoms with van der Waals surface area (Å²) in [6.07, 6.45) is 4.51. The molecule has 0 bridgehead atoms. The van der Waals surface area contributed by atoms with Gasteiger partial charge in [-0.05, 0) is 92.8 Å². The van der Waals surface area contributed by atoms with Crippen molar-refractivity contribution < 1.29 is 19.5 Å². The number of carboxylic acid groups (broad SMARTS) is 1. The van der Waals surface area contributed by atoms with E-state index in [1.807, 2.05) is 30.3 Å². The fraction of sp³-hybridized carbons (Fsp3) is 0.235. The summed E-state index contributed by atoms with van der Waals surface area (Å²) < 4.78 is 0. The fourth-order valence-corrected chi connectivity index (χ4v) is 5.49. The number of nitrogens with one attached hydrogen (secondary N) is 2. The third kappa shape index (κ3) is 6.17. The van der Waals surface area contributed by atoms with Crippen molar-refractivity contribution in [3.05, 3.63) is 113 Å². The second-order valence-electron chi connectivity index (χ2n) is 10.3. The Kier molecular flexibility index (Phi) is 8.62. The fourth-order valence-electron chi connectivity index (χ4n) is 5.49. The van der Waals surface area contributed by atoms with Gasteiger partial charge in [0.15, 0.2) is 0 Å². The van der Waals surface area contributed by atoms with Gasteiger partial charge in [-0.3, -0.25) is 14.6 Å². The molecular formula is C34H34N4O4. The van der Waals surface area contributed by atoms with Gasteiger partial charge in [0, 0.05) is 41.7 Å². The Balaban J connectivity index is 1.47. The number of pyridine rings is 1. The molecule has 2 amide bonds. The maximum Gasteiger partial charge on any atom is 0.335 e. The maximum absolute atomic E-state index is 13.4. The van der Waals surface area contributed by atoms with E-state index in [-0.39, 0.29) is 23.1 Å². The van der Waals surface area contributed by atoms with Crippen LogP contribution < -0.4 is 15.5 Å². The summed E-state index contributed by atoms with van der Waals surface area (Å²) in [5.41, 5.74) is 5.81. The van der Waals surface area contributed by atoms with E-state index in [0.717, 1.165) is 43.6 Å². The van der Waals surface area contributed by atoms with Gasteiger partial charge in [-0.1, -0.05) is 30.3 Å². The van der Waals surface area contributed by atoms with E-state index in [0.29, 0.717) is 22.5 Å². The molecule has 4 aromatic rings. The Morgan fingerprint density at radius 2 is 1.64 bits per heavy atom. The predicted octanol–water partition coefficient (Wildman–Crippen LogP) is 6.35. The van der Waals surface area contributed by atoms with Crippen molar-refractivity contribution >= 4 is 29.2 Å². The van der Waals surface area contributed by atoms with Crippen LogP contribution in [0.4, 0.5) is 11.4 Å². The van der Waals surface area contributed by atoms with Crippen molar-refractivity contribution in [3.63, 3.8) is 0 Å². The number of aryl methyl sites for hydroxylation is 1. The van der Waals surface area contributed by atoms with Crippen molar-refractivity contribution in [2.75, 3.05) is 23.3 Å². The van der Waals surface area contributed by atoms with Crippen LogP contribution in [0.5, 0.6) is 0 Å². The van der Waals surface area contributed by atoms with E-state index in [1.165, 1.54) is 23.8 Å². The minimum Gasteiger partial charge on any atom is -0.478 e. The number of hydrogen-bond donors (Lipinski definition) is 3. The summed E-state index contributed by atoms with van der Waals surface area (Å²) in [5.74, 6) is -1.74. The minimum absolute atomic E-state index is 0.0284. The summed E-state index contributed by atoms with van der Waals surface area (Å²) >= 11 is 0. The van der Waals surface area contributed by atoms with Crippen molar-refractivity contribution in [2.45, 2.75) is 39.2 Å². The smallest absolute Gasteiger partial charge is 0.335 e. The van der Waals surface area contributed by atoms with Gasteiger partial charge in [0.05, 0.1) is 23.0 Å². The Bertz CT molecular complexity index is 1630. The average molecular weight is 563 g/mol.